The molecule has 0 saturated carbocycles. The number of ether oxygens (including phenoxy) is 1. The molecule has 0 aliphatic rings. The second-order valence-corrected chi connectivity index (χ2v) is 5.42. The van der Waals surface area contributed by atoms with E-state index in [1.807, 2.05) is 31.3 Å². The summed E-state index contributed by atoms with van der Waals surface area (Å²) in [5.74, 6) is -0.194. The van der Waals surface area contributed by atoms with E-state index in [-0.39, 0.29) is 12.5 Å². The number of nitrogens with one attached hydrogen (secondary N) is 1. The Morgan fingerprint density at radius 3 is 2.68 bits per heavy atom. The smallest absolute Gasteiger partial charge is 0.251 e. The number of amides is 1. The van der Waals surface area contributed by atoms with Crippen molar-refractivity contribution < 1.29 is 14.6 Å². The van der Waals surface area contributed by atoms with Gasteiger partial charge in [-0.15, -0.1) is 0 Å². The van der Waals surface area contributed by atoms with Crippen molar-refractivity contribution in [3.05, 3.63) is 48.3 Å². The number of nitrogens with zero attached hydrogens (tertiary/aromatic N) is 2. The van der Waals surface area contributed by atoms with Crippen LogP contribution in [0.1, 0.15) is 23.7 Å². The van der Waals surface area contributed by atoms with E-state index in [9.17, 15) is 4.79 Å². The number of methoxy groups -OCH3 is 1. The van der Waals surface area contributed by atoms with Gasteiger partial charge in [0.1, 0.15) is 0 Å². The van der Waals surface area contributed by atoms with E-state index in [1.165, 1.54) is 0 Å². The van der Waals surface area contributed by atoms with Gasteiger partial charge in [-0.3, -0.25) is 4.79 Å². The van der Waals surface area contributed by atoms with Crippen LogP contribution in [0.2, 0.25) is 0 Å². The zero-order valence-electron chi connectivity index (χ0n) is 12.8. The maximum absolute atomic E-state index is 12.3. The fraction of sp³-hybridized carbons (Fsp3) is 0.375. The summed E-state index contributed by atoms with van der Waals surface area (Å²) < 4.78 is 6.85. The second-order valence-electron chi connectivity index (χ2n) is 5.42. The molecule has 0 bridgehead atoms. The monoisotopic (exact) mass is 303 g/mol. The minimum atomic E-state index is -0.596. The van der Waals surface area contributed by atoms with E-state index in [2.05, 4.69) is 10.4 Å². The lowest BCUT2D eigenvalue weighted by Gasteiger charge is -2.29. The molecule has 0 fully saturated rings. The molecular formula is C16H21N3O3. The van der Waals surface area contributed by atoms with Crippen LogP contribution in [0.4, 0.5) is 0 Å². The third-order valence-electron chi connectivity index (χ3n) is 3.44. The average Bonchev–Trinajstić information content (AvgIpc) is 3.02. The zero-order chi connectivity index (χ0) is 16.0. The van der Waals surface area contributed by atoms with Gasteiger partial charge in [0.05, 0.1) is 17.8 Å². The number of carbonyl (C=O) groups excluding carboxylic acids is 1. The Kier molecular flexibility index (Phi) is 5.30. The fourth-order valence-electron chi connectivity index (χ4n) is 2.27. The first-order valence-corrected chi connectivity index (χ1v) is 7.10. The van der Waals surface area contributed by atoms with Crippen LogP contribution in [0.15, 0.2) is 42.7 Å². The molecule has 1 heterocycles. The summed E-state index contributed by atoms with van der Waals surface area (Å²) in [6, 6.07) is 9.01. The quantitative estimate of drug-likeness (QED) is 0.810. The van der Waals surface area contributed by atoms with Crippen molar-refractivity contribution in [3.63, 3.8) is 0 Å². The van der Waals surface area contributed by atoms with Gasteiger partial charge in [0.25, 0.3) is 5.91 Å². The highest BCUT2D eigenvalue weighted by atomic mass is 16.5. The molecule has 0 spiro atoms. The summed E-state index contributed by atoms with van der Waals surface area (Å²) in [5, 5.41) is 16.2. The third kappa shape index (κ3) is 3.93. The molecule has 1 amide bonds. The van der Waals surface area contributed by atoms with Gasteiger partial charge < -0.3 is 15.2 Å². The van der Waals surface area contributed by atoms with Crippen molar-refractivity contribution >= 4 is 5.91 Å². The molecule has 6 nitrogen and oxygen atoms in total. The highest BCUT2D eigenvalue weighted by Crippen LogP contribution is 2.13. The van der Waals surface area contributed by atoms with Crippen molar-refractivity contribution in [2.45, 2.75) is 18.9 Å². The largest absolute Gasteiger partial charge is 0.396 e. The number of benzene rings is 1. The topological polar surface area (TPSA) is 76.4 Å². The average molecular weight is 303 g/mol. The van der Waals surface area contributed by atoms with Crippen molar-refractivity contribution in [3.8, 4) is 5.69 Å². The molecule has 118 valence electrons. The van der Waals surface area contributed by atoms with Gasteiger partial charge in [0, 0.05) is 31.7 Å². The molecular weight excluding hydrogens is 282 g/mol. The lowest BCUT2D eigenvalue weighted by molar-refractivity contribution is 0.0725. The molecule has 0 saturated heterocycles. The minimum absolute atomic E-state index is 0.0155. The Bertz CT molecular complexity index is 588. The maximum Gasteiger partial charge on any atom is 0.251 e. The van der Waals surface area contributed by atoms with Crippen LogP contribution in [-0.4, -0.2) is 46.7 Å². The first kappa shape index (κ1) is 16.2. The van der Waals surface area contributed by atoms with Crippen LogP contribution in [-0.2, 0) is 4.74 Å². The van der Waals surface area contributed by atoms with Gasteiger partial charge in [-0.2, -0.15) is 5.10 Å². The number of aliphatic hydroxyl groups is 1. The van der Waals surface area contributed by atoms with Crippen molar-refractivity contribution in [2.75, 3.05) is 20.3 Å². The second kappa shape index (κ2) is 7.20. The Morgan fingerprint density at radius 2 is 2.14 bits per heavy atom. The van der Waals surface area contributed by atoms with Gasteiger partial charge >= 0.3 is 0 Å². The van der Waals surface area contributed by atoms with Gasteiger partial charge in [-0.1, -0.05) is 0 Å². The van der Waals surface area contributed by atoms with E-state index in [4.69, 9.17) is 9.84 Å². The molecule has 1 aromatic heterocycles. The van der Waals surface area contributed by atoms with E-state index in [0.29, 0.717) is 18.6 Å². The Morgan fingerprint density at radius 1 is 1.41 bits per heavy atom. The minimum Gasteiger partial charge on any atom is -0.396 e. The van der Waals surface area contributed by atoms with Crippen LogP contribution in [0.3, 0.4) is 0 Å². The predicted octanol–water partition coefficient (Wildman–Crippen LogP) is 1.39. The molecule has 22 heavy (non-hydrogen) atoms. The van der Waals surface area contributed by atoms with Crippen molar-refractivity contribution in [2.24, 2.45) is 0 Å². The molecule has 0 aliphatic heterocycles. The van der Waals surface area contributed by atoms with Crippen LogP contribution in [0.25, 0.3) is 5.69 Å². The Labute approximate surface area is 129 Å². The third-order valence-corrected chi connectivity index (χ3v) is 3.44. The Hall–Kier alpha value is -2.18. The molecule has 2 rings (SSSR count). The van der Waals surface area contributed by atoms with Gasteiger partial charge in [-0.25, -0.2) is 4.68 Å². The molecule has 6 heteroatoms. The molecule has 1 unspecified atom stereocenters. The summed E-state index contributed by atoms with van der Waals surface area (Å²) in [5.41, 5.74) is 0.842. The lowest BCUT2D eigenvalue weighted by Crippen LogP contribution is -2.50. The normalized spacial score (nSPS) is 13.6. The molecule has 1 atom stereocenters. The van der Waals surface area contributed by atoms with E-state index in [1.54, 1.807) is 30.1 Å². The van der Waals surface area contributed by atoms with Crippen LogP contribution < -0.4 is 5.32 Å². The summed E-state index contributed by atoms with van der Waals surface area (Å²) >= 11 is 0. The van der Waals surface area contributed by atoms with E-state index >= 15 is 0 Å². The van der Waals surface area contributed by atoms with Gasteiger partial charge in [-0.05, 0) is 43.7 Å². The number of carbonyl (C=O) groups is 1. The standard InChI is InChI=1S/C16H21N3O3/c1-16(8-11-20,12-22-2)18-15(21)13-4-6-14(7-5-13)19-10-3-9-17-19/h3-7,9-10,20H,8,11-12H2,1-2H3,(H,18,21). The molecule has 0 radical (unpaired) electrons. The van der Waals surface area contributed by atoms with Gasteiger partial charge in [0.15, 0.2) is 0 Å². The Balaban J connectivity index is 2.09. The fourth-order valence-corrected chi connectivity index (χ4v) is 2.27. The van der Waals surface area contributed by atoms with Crippen molar-refractivity contribution in [1.82, 2.24) is 15.1 Å². The van der Waals surface area contributed by atoms with Crippen LogP contribution in [0, 0.1) is 0 Å². The first-order valence-electron chi connectivity index (χ1n) is 7.10. The van der Waals surface area contributed by atoms with E-state index < -0.39 is 5.54 Å². The molecule has 1 aromatic carbocycles. The lowest BCUT2D eigenvalue weighted by atomic mass is 9.98. The van der Waals surface area contributed by atoms with Crippen LogP contribution >= 0.6 is 0 Å². The molecule has 0 aliphatic carbocycles. The molecule has 2 N–H and O–H groups in total. The summed E-state index contributed by atoms with van der Waals surface area (Å²) in [4.78, 5) is 12.3. The zero-order valence-corrected chi connectivity index (χ0v) is 12.8. The summed E-state index contributed by atoms with van der Waals surface area (Å²) in [7, 11) is 1.57. The number of aromatic nitrogens is 2. The highest BCUT2D eigenvalue weighted by Gasteiger charge is 2.26. The first-order chi connectivity index (χ1) is 10.6. The van der Waals surface area contributed by atoms with E-state index in [0.717, 1.165) is 5.69 Å². The van der Waals surface area contributed by atoms with Crippen molar-refractivity contribution in [1.29, 1.82) is 0 Å². The summed E-state index contributed by atoms with van der Waals surface area (Å²) in [6.07, 6.45) is 3.97. The number of rotatable bonds is 7. The summed E-state index contributed by atoms with van der Waals surface area (Å²) in [6.45, 7) is 2.17. The molecule has 2 aromatic rings. The number of hydrogen-bond acceptors (Lipinski definition) is 4. The maximum atomic E-state index is 12.3. The van der Waals surface area contributed by atoms with Crippen LogP contribution in [0.5, 0.6) is 0 Å². The SMILES string of the molecule is COCC(C)(CCO)NC(=O)c1ccc(-n2cccn2)cc1. The number of hydrogen-bond donors (Lipinski definition) is 2. The number of aliphatic hydroxyl groups excluding tert-OH is 1. The predicted molar refractivity (Wildman–Crippen MR) is 83.0 cm³/mol. The van der Waals surface area contributed by atoms with Gasteiger partial charge in [0.2, 0.25) is 0 Å². The highest BCUT2D eigenvalue weighted by molar-refractivity contribution is 5.94.